The number of ether oxygens (including phenoxy) is 2. The first-order chi connectivity index (χ1) is 10.2. The van der Waals surface area contributed by atoms with E-state index in [4.69, 9.17) is 26.3 Å². The molecular formula is C15H13ClFNO3. The Morgan fingerprint density at radius 1 is 1.33 bits per heavy atom. The van der Waals surface area contributed by atoms with Gasteiger partial charge in [0.1, 0.15) is 12.4 Å². The van der Waals surface area contributed by atoms with Gasteiger partial charge in [-0.25, -0.2) is 4.39 Å². The SMILES string of the molecule is COc1cc(C=NO)cc(Cl)c1OCc1ccccc1F. The molecule has 0 aromatic heterocycles. The standard InChI is InChI=1S/C15H13ClFNO3/c1-20-14-7-10(8-18-19)6-12(16)15(14)21-9-11-4-2-3-5-13(11)17/h2-8,19H,9H2,1H3. The Kier molecular flexibility index (Phi) is 5.00. The topological polar surface area (TPSA) is 51.0 Å². The monoisotopic (exact) mass is 309 g/mol. The molecule has 0 spiro atoms. The zero-order chi connectivity index (χ0) is 15.2. The van der Waals surface area contributed by atoms with Crippen LogP contribution in [0.4, 0.5) is 4.39 Å². The fourth-order valence-corrected chi connectivity index (χ4v) is 2.06. The maximum atomic E-state index is 13.6. The van der Waals surface area contributed by atoms with Crippen LogP contribution in [0.25, 0.3) is 0 Å². The van der Waals surface area contributed by atoms with E-state index >= 15 is 0 Å². The average Bonchev–Trinajstić information content (AvgIpc) is 2.47. The first-order valence-corrected chi connectivity index (χ1v) is 6.44. The highest BCUT2D eigenvalue weighted by molar-refractivity contribution is 6.32. The summed E-state index contributed by atoms with van der Waals surface area (Å²) in [6.45, 7) is 0.0240. The molecule has 0 amide bonds. The van der Waals surface area contributed by atoms with Crippen LogP contribution in [-0.2, 0) is 6.61 Å². The van der Waals surface area contributed by atoms with Crippen molar-refractivity contribution in [1.29, 1.82) is 0 Å². The van der Waals surface area contributed by atoms with Crippen molar-refractivity contribution in [2.45, 2.75) is 6.61 Å². The summed E-state index contributed by atoms with van der Waals surface area (Å²) in [6, 6.07) is 9.47. The summed E-state index contributed by atoms with van der Waals surface area (Å²) in [5.74, 6) is 0.322. The third-order valence-electron chi connectivity index (χ3n) is 2.79. The van der Waals surface area contributed by atoms with Gasteiger partial charge in [-0.3, -0.25) is 0 Å². The molecule has 21 heavy (non-hydrogen) atoms. The van der Waals surface area contributed by atoms with Gasteiger partial charge in [-0.2, -0.15) is 0 Å². The molecule has 4 nitrogen and oxygen atoms in total. The highest BCUT2D eigenvalue weighted by atomic mass is 35.5. The predicted octanol–water partition coefficient (Wildman–Crippen LogP) is 3.87. The van der Waals surface area contributed by atoms with Crippen LogP contribution in [-0.4, -0.2) is 18.5 Å². The van der Waals surface area contributed by atoms with Crippen LogP contribution >= 0.6 is 11.6 Å². The number of benzene rings is 2. The van der Waals surface area contributed by atoms with E-state index in [-0.39, 0.29) is 17.4 Å². The predicted molar refractivity (Wildman–Crippen MR) is 78.1 cm³/mol. The van der Waals surface area contributed by atoms with Crippen molar-refractivity contribution in [3.63, 3.8) is 0 Å². The highest BCUT2D eigenvalue weighted by Crippen LogP contribution is 2.36. The van der Waals surface area contributed by atoms with E-state index in [0.717, 1.165) is 0 Å². The number of nitrogens with zero attached hydrogens (tertiary/aromatic N) is 1. The molecule has 0 unspecified atom stereocenters. The molecule has 0 atom stereocenters. The number of oxime groups is 1. The molecule has 0 saturated heterocycles. The third kappa shape index (κ3) is 3.64. The molecule has 2 rings (SSSR count). The van der Waals surface area contributed by atoms with Crippen LogP contribution in [0.15, 0.2) is 41.6 Å². The summed E-state index contributed by atoms with van der Waals surface area (Å²) in [4.78, 5) is 0. The smallest absolute Gasteiger partial charge is 0.180 e. The second-order valence-corrected chi connectivity index (χ2v) is 4.57. The fourth-order valence-electron chi connectivity index (χ4n) is 1.79. The lowest BCUT2D eigenvalue weighted by Crippen LogP contribution is -2.01. The van der Waals surface area contributed by atoms with Gasteiger partial charge in [0.05, 0.1) is 18.3 Å². The average molecular weight is 310 g/mol. The Labute approximate surface area is 126 Å². The highest BCUT2D eigenvalue weighted by Gasteiger charge is 2.12. The van der Waals surface area contributed by atoms with Crippen LogP contribution in [0, 0.1) is 5.82 Å². The molecule has 0 heterocycles. The molecule has 0 fully saturated rings. The molecule has 1 N–H and O–H groups in total. The van der Waals surface area contributed by atoms with Gasteiger partial charge < -0.3 is 14.7 Å². The van der Waals surface area contributed by atoms with Gasteiger partial charge in [-0.1, -0.05) is 35.0 Å². The third-order valence-corrected chi connectivity index (χ3v) is 3.07. The lowest BCUT2D eigenvalue weighted by molar-refractivity contribution is 0.280. The molecule has 0 bridgehead atoms. The van der Waals surface area contributed by atoms with Crippen molar-refractivity contribution < 1.29 is 19.1 Å². The fraction of sp³-hybridized carbons (Fsp3) is 0.133. The number of rotatable bonds is 5. The first kappa shape index (κ1) is 15.1. The van der Waals surface area contributed by atoms with E-state index < -0.39 is 0 Å². The van der Waals surface area contributed by atoms with Crippen LogP contribution in [0.2, 0.25) is 5.02 Å². The Hall–Kier alpha value is -2.27. The van der Waals surface area contributed by atoms with E-state index in [1.165, 1.54) is 19.4 Å². The van der Waals surface area contributed by atoms with E-state index in [0.29, 0.717) is 22.6 Å². The van der Waals surface area contributed by atoms with Gasteiger partial charge in [-0.05, 0) is 18.2 Å². The molecule has 2 aromatic carbocycles. The maximum absolute atomic E-state index is 13.6. The molecule has 0 aliphatic carbocycles. The van der Waals surface area contributed by atoms with Gasteiger partial charge in [0.25, 0.3) is 0 Å². The number of methoxy groups -OCH3 is 1. The van der Waals surface area contributed by atoms with Crippen LogP contribution in [0.1, 0.15) is 11.1 Å². The summed E-state index contributed by atoms with van der Waals surface area (Å²) in [5, 5.41) is 11.7. The van der Waals surface area contributed by atoms with Crippen molar-refractivity contribution in [2.75, 3.05) is 7.11 Å². The van der Waals surface area contributed by atoms with E-state index in [1.807, 2.05) is 0 Å². The minimum atomic E-state index is -0.350. The quantitative estimate of drug-likeness (QED) is 0.518. The Morgan fingerprint density at radius 3 is 2.76 bits per heavy atom. The Bertz CT molecular complexity index is 661. The van der Waals surface area contributed by atoms with Crippen molar-refractivity contribution in [3.8, 4) is 11.5 Å². The molecule has 0 aliphatic rings. The summed E-state index contributed by atoms with van der Waals surface area (Å²) in [6.07, 6.45) is 1.22. The molecule has 0 aliphatic heterocycles. The zero-order valence-electron chi connectivity index (χ0n) is 11.2. The minimum absolute atomic E-state index is 0.0240. The van der Waals surface area contributed by atoms with Gasteiger partial charge >= 0.3 is 0 Å². The van der Waals surface area contributed by atoms with Crippen molar-refractivity contribution in [1.82, 2.24) is 0 Å². The summed E-state index contributed by atoms with van der Waals surface area (Å²) in [7, 11) is 1.46. The number of halogens is 2. The zero-order valence-corrected chi connectivity index (χ0v) is 12.0. The van der Waals surface area contributed by atoms with Crippen LogP contribution in [0.5, 0.6) is 11.5 Å². The summed E-state index contributed by atoms with van der Waals surface area (Å²) in [5.41, 5.74) is 0.967. The molecular weight excluding hydrogens is 297 g/mol. The second-order valence-electron chi connectivity index (χ2n) is 4.16. The minimum Gasteiger partial charge on any atom is -0.493 e. The molecule has 110 valence electrons. The van der Waals surface area contributed by atoms with Gasteiger partial charge in [0.2, 0.25) is 0 Å². The van der Waals surface area contributed by atoms with Crippen LogP contribution < -0.4 is 9.47 Å². The van der Waals surface area contributed by atoms with Crippen molar-refractivity contribution in [3.05, 3.63) is 58.4 Å². The number of hydrogen-bond donors (Lipinski definition) is 1. The molecule has 6 heteroatoms. The number of hydrogen-bond acceptors (Lipinski definition) is 4. The maximum Gasteiger partial charge on any atom is 0.180 e. The van der Waals surface area contributed by atoms with E-state index in [1.54, 1.807) is 30.3 Å². The van der Waals surface area contributed by atoms with Crippen molar-refractivity contribution in [2.24, 2.45) is 5.16 Å². The van der Waals surface area contributed by atoms with Crippen molar-refractivity contribution >= 4 is 17.8 Å². The van der Waals surface area contributed by atoms with E-state index in [9.17, 15) is 4.39 Å². The van der Waals surface area contributed by atoms with Gasteiger partial charge in [0.15, 0.2) is 11.5 Å². The van der Waals surface area contributed by atoms with Crippen LogP contribution in [0.3, 0.4) is 0 Å². The lowest BCUT2D eigenvalue weighted by Gasteiger charge is -2.13. The molecule has 2 aromatic rings. The lowest BCUT2D eigenvalue weighted by atomic mass is 10.2. The Morgan fingerprint density at radius 2 is 2.10 bits per heavy atom. The van der Waals surface area contributed by atoms with Gasteiger partial charge in [-0.15, -0.1) is 0 Å². The Balaban J connectivity index is 2.25. The summed E-state index contributed by atoms with van der Waals surface area (Å²) < 4.78 is 24.3. The van der Waals surface area contributed by atoms with E-state index in [2.05, 4.69) is 5.16 Å². The normalized spacial score (nSPS) is 10.8. The summed E-state index contributed by atoms with van der Waals surface area (Å²) >= 11 is 6.11. The first-order valence-electron chi connectivity index (χ1n) is 6.07. The van der Waals surface area contributed by atoms with Gasteiger partial charge in [0, 0.05) is 11.1 Å². The molecule has 0 saturated carbocycles. The second kappa shape index (κ2) is 6.95. The molecule has 0 radical (unpaired) electrons. The largest absolute Gasteiger partial charge is 0.493 e.